The minimum Gasteiger partial charge on any atom is -0.476 e. The van der Waals surface area contributed by atoms with Crippen LogP contribution in [0.4, 0.5) is 33.1 Å². The number of pyridine rings is 1. The fourth-order valence-electron chi connectivity index (χ4n) is 17.3. The van der Waals surface area contributed by atoms with Gasteiger partial charge in [-0.05, 0) is 137 Å². The first-order chi connectivity index (χ1) is 47.3. The highest BCUT2D eigenvalue weighted by molar-refractivity contribution is 7.22. The van der Waals surface area contributed by atoms with Crippen molar-refractivity contribution < 1.29 is 52.6 Å². The number of nitrogens with two attached hydrogens (primary N) is 1. The number of benzene rings is 2. The molecule has 7 amide bonds. The molecule has 13 rings (SSSR count). The fourth-order valence-corrected chi connectivity index (χ4v) is 18.2. The Morgan fingerprint density at radius 1 is 0.818 bits per heavy atom. The summed E-state index contributed by atoms with van der Waals surface area (Å²) in [7, 11) is 2.29. The van der Waals surface area contributed by atoms with Gasteiger partial charge in [-0.15, -0.1) is 10.2 Å². The van der Waals surface area contributed by atoms with Crippen molar-refractivity contribution in [2.24, 2.45) is 27.9 Å². The molecule has 4 bridgehead atoms. The molecule has 7 heterocycles. The molecule has 2 aromatic carbocycles. The Labute approximate surface area is 580 Å². The molecule has 526 valence electrons. The zero-order chi connectivity index (χ0) is 70.0. The second-order valence-corrected chi connectivity index (χ2v) is 30.8. The number of imide groups is 1. The van der Waals surface area contributed by atoms with Gasteiger partial charge < -0.3 is 56.3 Å². The molecule has 0 radical (unpaired) electrons. The van der Waals surface area contributed by atoms with Crippen LogP contribution in [0.15, 0.2) is 79.0 Å². The van der Waals surface area contributed by atoms with E-state index in [2.05, 4.69) is 62.2 Å². The Morgan fingerprint density at radius 2 is 1.56 bits per heavy atom. The lowest BCUT2D eigenvalue weighted by atomic mass is 9.39. The Bertz CT molecular complexity index is 4020. The number of carboxylic acids is 1. The van der Waals surface area contributed by atoms with Crippen LogP contribution < -0.4 is 37.2 Å². The van der Waals surface area contributed by atoms with E-state index >= 15 is 0 Å². The summed E-state index contributed by atoms with van der Waals surface area (Å²) >= 11 is 1.56. The number of thiazole rings is 1. The normalized spacial score (nSPS) is 22.9. The highest BCUT2D eigenvalue weighted by atomic mass is 32.1. The van der Waals surface area contributed by atoms with Gasteiger partial charge in [0.1, 0.15) is 24.4 Å². The van der Waals surface area contributed by atoms with Crippen LogP contribution >= 0.6 is 11.3 Å². The number of urea groups is 1. The summed E-state index contributed by atoms with van der Waals surface area (Å²) in [4.78, 5) is 104. The molecule has 8 N–H and O–H groups in total. The van der Waals surface area contributed by atoms with Gasteiger partial charge in [-0.3, -0.25) is 38.5 Å². The molecule has 6 atom stereocenters. The van der Waals surface area contributed by atoms with Crippen LogP contribution in [0.25, 0.3) is 21.3 Å². The highest BCUT2D eigenvalue weighted by Crippen LogP contribution is 2.72. The van der Waals surface area contributed by atoms with Gasteiger partial charge in [-0.25, -0.2) is 19.6 Å². The number of piperazine rings is 1. The second-order valence-electron chi connectivity index (χ2n) is 29.8. The van der Waals surface area contributed by atoms with Gasteiger partial charge in [-0.2, -0.15) is 5.10 Å². The van der Waals surface area contributed by atoms with Crippen LogP contribution in [0, 0.1) is 36.0 Å². The predicted molar refractivity (Wildman–Crippen MR) is 375 cm³/mol. The third-order valence-electron chi connectivity index (χ3n) is 21.0. The number of carbonyl (C=O) groups is 7. The SMILES string of the molecule is Cc1c(Nc2nc3ccccc3s2)nnc2c1CCCN2c1ccc(-c2cnn(CC34CC5(OCCN6CC[N+](C)(Cc7ccc(NC(=O)[C@H](CCCNC(N)=O)NC(=O)[C@@H](NC(=O)CCOCCN8C(=O)C=CC8=O)C(C)C)cc7)CC6)C[C@](C)(C3)C[C@](C)(C4)C5)c2C)c(C(=O)O)n1. The maximum absolute atomic E-state index is 13.9. The van der Waals surface area contributed by atoms with Crippen molar-refractivity contribution in [3.05, 3.63) is 107 Å². The molecule has 6 aromatic rings. The smallest absolute Gasteiger partial charge is 0.355 e. The standard InChI is InChI=1S/C72H92N16O10S/c1-45(2)60(80-57(89)24-33-97-34-30-86-58(90)22-23-59(86)91)65(93)77-54(14-10-25-74-67(73)96)64(92)76-49-18-16-48(17-19-49)37-88(7)31-27-84(28-32-88)29-35-98-72-41-69(5)38-70(6,42-72)40-71(39-69,43-72)44-87-47(4)52(36-75-87)51-20-21-56(79-61(51)66(94)95)85-26-11-12-50-46(3)62(82-83-63(50)85)81-68-78-53-13-8-9-15-55(53)99-68/h8-9,13,15-23,36,45,54,60H,10-12,14,24-35,37-44H2,1-7H3,(H7-,73,74,76,77,78,80,81,82,89,92,93,94,95,96)/p+1/t54-,60-,69-,70+,71?,72?/m0/s1. The van der Waals surface area contributed by atoms with Crippen LogP contribution in [-0.4, -0.2) is 188 Å². The van der Waals surface area contributed by atoms with Crippen molar-refractivity contribution in [2.75, 3.05) is 94.8 Å². The monoisotopic (exact) mass is 1370 g/mol. The van der Waals surface area contributed by atoms with Crippen LogP contribution in [0.3, 0.4) is 0 Å². The lowest BCUT2D eigenvalue weighted by Gasteiger charge is -2.69. The third-order valence-corrected chi connectivity index (χ3v) is 22.0. The van der Waals surface area contributed by atoms with Crippen molar-refractivity contribution >= 4 is 91.4 Å². The molecule has 27 heteroatoms. The van der Waals surface area contributed by atoms with Crippen molar-refractivity contribution in [3.8, 4) is 11.1 Å². The number of ether oxygens (including phenoxy) is 2. The van der Waals surface area contributed by atoms with E-state index < -0.39 is 53.6 Å². The number of carboxylic acid groups (broad SMARTS) is 1. The number of fused-ring (bicyclic) bond motifs is 2. The van der Waals surface area contributed by atoms with Gasteiger partial charge in [0.2, 0.25) is 17.7 Å². The number of rotatable bonds is 29. The van der Waals surface area contributed by atoms with E-state index in [1.807, 2.05) is 85.6 Å². The molecule has 4 aromatic heterocycles. The maximum Gasteiger partial charge on any atom is 0.355 e. The minimum absolute atomic E-state index is 0.00383. The molecule has 26 nitrogen and oxygen atoms in total. The lowest BCUT2D eigenvalue weighted by Crippen LogP contribution is -2.64. The third kappa shape index (κ3) is 16.0. The van der Waals surface area contributed by atoms with E-state index in [0.29, 0.717) is 48.3 Å². The molecule has 3 aliphatic heterocycles. The number of carbonyl (C=O) groups excluding carboxylic acids is 6. The van der Waals surface area contributed by atoms with Crippen LogP contribution in [0.5, 0.6) is 0 Å². The molecule has 4 aliphatic carbocycles. The molecular weight excluding hydrogens is 1280 g/mol. The number of hydrogen-bond donors (Lipinski definition) is 7. The number of likely N-dealkylation sites (N-methyl/N-ethyl adjacent to an activating group) is 1. The topological polar surface area (TPSA) is 323 Å². The van der Waals surface area contributed by atoms with Crippen molar-refractivity contribution in [1.82, 2.24) is 55.7 Å². The zero-order valence-electron chi connectivity index (χ0n) is 57.8. The number of nitrogens with one attached hydrogen (secondary N) is 5. The van der Waals surface area contributed by atoms with Crippen molar-refractivity contribution in [3.63, 3.8) is 0 Å². The fraction of sp³-hybridized carbons (Fsp3) is 0.528. The van der Waals surface area contributed by atoms with Crippen LogP contribution in [0.1, 0.15) is 125 Å². The number of aromatic nitrogens is 6. The lowest BCUT2D eigenvalue weighted by molar-refractivity contribution is -0.926. The Kier molecular flexibility index (Phi) is 20.4. The number of aromatic carboxylic acids is 1. The summed E-state index contributed by atoms with van der Waals surface area (Å²) in [6.45, 7) is 20.3. The molecule has 7 aliphatic rings. The summed E-state index contributed by atoms with van der Waals surface area (Å²) < 4.78 is 16.8. The Balaban J connectivity index is 0.626. The summed E-state index contributed by atoms with van der Waals surface area (Å²) in [5, 5.41) is 40.3. The number of nitrogens with zero attached hydrogens (tertiary/aromatic N) is 10. The average Bonchev–Trinajstić information content (AvgIpc) is 1.37. The first kappa shape index (κ1) is 70.1. The quantitative estimate of drug-likeness (QED) is 0.0133. The van der Waals surface area contributed by atoms with Gasteiger partial charge in [0.05, 0.1) is 68.5 Å². The second kappa shape index (κ2) is 28.8. The number of quaternary nitrogens is 1. The molecule has 1 saturated heterocycles. The van der Waals surface area contributed by atoms with Gasteiger partial charge in [0.15, 0.2) is 22.5 Å². The van der Waals surface area contributed by atoms with Gasteiger partial charge in [0, 0.05) is 97.0 Å². The number of amides is 7. The Hall–Kier alpha value is -8.76. The van der Waals surface area contributed by atoms with E-state index in [1.54, 1.807) is 25.2 Å². The molecular formula is C72H93N16O10S+. The first-order valence-electron chi connectivity index (χ1n) is 34.7. The molecule has 0 spiro atoms. The first-order valence-corrected chi connectivity index (χ1v) is 35.5. The number of primary amides is 1. The minimum atomic E-state index is -1.11. The van der Waals surface area contributed by atoms with Gasteiger partial charge in [-0.1, -0.05) is 63.3 Å². The van der Waals surface area contributed by atoms with E-state index in [9.17, 15) is 38.7 Å². The molecule has 4 saturated carbocycles. The number of anilines is 5. The Morgan fingerprint density at radius 3 is 2.26 bits per heavy atom. The summed E-state index contributed by atoms with van der Waals surface area (Å²) in [5.74, 6) is -1.93. The number of para-hydroxylation sites is 1. The molecule has 99 heavy (non-hydrogen) atoms. The average molecular weight is 1370 g/mol. The summed E-state index contributed by atoms with van der Waals surface area (Å²) in [6, 6.07) is 16.8. The van der Waals surface area contributed by atoms with Gasteiger partial charge in [0.25, 0.3) is 11.8 Å². The van der Waals surface area contributed by atoms with Crippen LogP contribution in [0.2, 0.25) is 0 Å². The molecule has 5 fully saturated rings. The van der Waals surface area contributed by atoms with Gasteiger partial charge >= 0.3 is 12.0 Å². The van der Waals surface area contributed by atoms with E-state index in [4.69, 9.17) is 35.4 Å². The van der Waals surface area contributed by atoms with Crippen molar-refractivity contribution in [1.29, 1.82) is 0 Å². The summed E-state index contributed by atoms with van der Waals surface area (Å²) in [5.41, 5.74) is 12.0. The highest BCUT2D eigenvalue weighted by Gasteiger charge is 2.66. The maximum atomic E-state index is 13.9. The van der Waals surface area contributed by atoms with E-state index in [-0.39, 0.29) is 72.6 Å². The molecule has 2 unspecified atom stereocenters. The van der Waals surface area contributed by atoms with Crippen molar-refractivity contribution in [2.45, 2.75) is 143 Å². The predicted octanol–water partition coefficient (Wildman–Crippen LogP) is 7.93. The zero-order valence-corrected chi connectivity index (χ0v) is 58.6. The van der Waals surface area contributed by atoms with Crippen LogP contribution in [-0.2, 0) is 53.0 Å². The summed E-state index contributed by atoms with van der Waals surface area (Å²) in [6.07, 6.45) is 12.6. The van der Waals surface area contributed by atoms with E-state index in [0.717, 1.165) is 143 Å². The largest absolute Gasteiger partial charge is 0.476 e. The van der Waals surface area contributed by atoms with E-state index in [1.165, 1.54) is 18.6 Å². The number of hydrogen-bond acceptors (Lipinski definition) is 18.